The van der Waals surface area contributed by atoms with Crippen LogP contribution in [0.25, 0.3) is 22.6 Å². The van der Waals surface area contributed by atoms with Crippen molar-refractivity contribution in [1.82, 2.24) is 4.98 Å². The van der Waals surface area contributed by atoms with Crippen molar-refractivity contribution in [2.24, 2.45) is 0 Å². The standard InChI is InChI=1S/C24H22N2O2S/c1-15-9-10-18(24-26-21-11-16(2)17(3)12-22(21)28-24)13-20(15)25-23(27)14-29-19-7-5-4-6-8-19/h4-13H,14H2,1-3H3,(H,25,27). The monoisotopic (exact) mass is 402 g/mol. The first kappa shape index (κ1) is 19.3. The van der Waals surface area contributed by atoms with Crippen LogP contribution >= 0.6 is 11.8 Å². The van der Waals surface area contributed by atoms with Gasteiger partial charge in [0.25, 0.3) is 0 Å². The molecule has 5 heteroatoms. The lowest BCUT2D eigenvalue weighted by Crippen LogP contribution is -2.14. The summed E-state index contributed by atoms with van der Waals surface area (Å²) < 4.78 is 5.97. The first-order valence-corrected chi connectivity index (χ1v) is 10.4. The molecule has 3 aromatic carbocycles. The second-order valence-corrected chi connectivity index (χ2v) is 8.15. The summed E-state index contributed by atoms with van der Waals surface area (Å²) in [5.41, 5.74) is 6.58. The lowest BCUT2D eigenvalue weighted by Gasteiger charge is -2.09. The summed E-state index contributed by atoms with van der Waals surface area (Å²) >= 11 is 1.52. The van der Waals surface area contributed by atoms with E-state index in [1.807, 2.05) is 67.6 Å². The van der Waals surface area contributed by atoms with Gasteiger partial charge >= 0.3 is 0 Å². The maximum Gasteiger partial charge on any atom is 0.234 e. The molecule has 0 unspecified atom stereocenters. The number of anilines is 1. The SMILES string of the molecule is Cc1cc2nc(-c3ccc(C)c(NC(=O)CSc4ccccc4)c3)oc2cc1C. The highest BCUT2D eigenvalue weighted by Gasteiger charge is 2.12. The fourth-order valence-electron chi connectivity index (χ4n) is 3.05. The maximum absolute atomic E-state index is 12.4. The number of nitrogens with zero attached hydrogens (tertiary/aromatic N) is 1. The summed E-state index contributed by atoms with van der Waals surface area (Å²) in [6.07, 6.45) is 0. The lowest BCUT2D eigenvalue weighted by atomic mass is 10.1. The molecular formula is C24H22N2O2S. The van der Waals surface area contributed by atoms with Gasteiger partial charge in [0.2, 0.25) is 11.8 Å². The minimum absolute atomic E-state index is 0.0390. The third kappa shape index (κ3) is 4.35. The molecule has 1 N–H and O–H groups in total. The fourth-order valence-corrected chi connectivity index (χ4v) is 3.76. The Morgan fingerprint density at radius 3 is 2.52 bits per heavy atom. The lowest BCUT2D eigenvalue weighted by molar-refractivity contribution is -0.113. The molecule has 4 aromatic rings. The molecular weight excluding hydrogens is 380 g/mol. The van der Waals surface area contributed by atoms with Gasteiger partial charge in [0.1, 0.15) is 5.52 Å². The molecule has 0 atom stereocenters. The quantitative estimate of drug-likeness (QED) is 0.407. The van der Waals surface area contributed by atoms with Gasteiger partial charge in [0.05, 0.1) is 5.75 Å². The number of oxazole rings is 1. The predicted molar refractivity (Wildman–Crippen MR) is 119 cm³/mol. The second-order valence-electron chi connectivity index (χ2n) is 7.10. The summed E-state index contributed by atoms with van der Waals surface area (Å²) in [5.74, 6) is 0.872. The molecule has 0 aliphatic heterocycles. The fraction of sp³-hybridized carbons (Fsp3) is 0.167. The van der Waals surface area contributed by atoms with Crippen molar-refractivity contribution in [3.05, 3.63) is 77.4 Å². The van der Waals surface area contributed by atoms with Crippen molar-refractivity contribution in [2.75, 3.05) is 11.1 Å². The molecule has 0 bridgehead atoms. The number of carbonyl (C=O) groups is 1. The molecule has 1 heterocycles. The van der Waals surface area contributed by atoms with Gasteiger partial charge in [0, 0.05) is 16.1 Å². The molecule has 1 aromatic heterocycles. The van der Waals surface area contributed by atoms with Crippen LogP contribution in [0, 0.1) is 20.8 Å². The van der Waals surface area contributed by atoms with Gasteiger partial charge in [0.15, 0.2) is 5.58 Å². The van der Waals surface area contributed by atoms with Gasteiger partial charge < -0.3 is 9.73 Å². The van der Waals surface area contributed by atoms with E-state index in [0.29, 0.717) is 11.6 Å². The molecule has 0 aliphatic carbocycles. The molecule has 4 rings (SSSR count). The van der Waals surface area contributed by atoms with E-state index >= 15 is 0 Å². The highest BCUT2D eigenvalue weighted by molar-refractivity contribution is 8.00. The van der Waals surface area contributed by atoms with Crippen LogP contribution in [-0.2, 0) is 4.79 Å². The van der Waals surface area contributed by atoms with Crippen LogP contribution in [0.15, 0.2) is 70.0 Å². The molecule has 0 saturated heterocycles. The van der Waals surface area contributed by atoms with Crippen molar-refractivity contribution in [3.63, 3.8) is 0 Å². The van der Waals surface area contributed by atoms with E-state index < -0.39 is 0 Å². The van der Waals surface area contributed by atoms with Crippen molar-refractivity contribution in [2.45, 2.75) is 25.7 Å². The average molecular weight is 403 g/mol. The largest absolute Gasteiger partial charge is 0.436 e. The zero-order valence-electron chi connectivity index (χ0n) is 16.7. The Hall–Kier alpha value is -3.05. The van der Waals surface area contributed by atoms with Gasteiger partial charge in [-0.2, -0.15) is 0 Å². The highest BCUT2D eigenvalue weighted by atomic mass is 32.2. The van der Waals surface area contributed by atoms with E-state index in [9.17, 15) is 4.79 Å². The van der Waals surface area contributed by atoms with E-state index in [-0.39, 0.29) is 5.91 Å². The molecule has 0 spiro atoms. The maximum atomic E-state index is 12.4. The van der Waals surface area contributed by atoms with Crippen LogP contribution in [0.3, 0.4) is 0 Å². The van der Waals surface area contributed by atoms with Crippen molar-refractivity contribution < 1.29 is 9.21 Å². The first-order chi connectivity index (χ1) is 14.0. The van der Waals surface area contributed by atoms with Gasteiger partial charge in [-0.3, -0.25) is 4.79 Å². The first-order valence-electron chi connectivity index (χ1n) is 9.46. The number of thioether (sulfide) groups is 1. The van der Waals surface area contributed by atoms with Crippen LogP contribution in [0.4, 0.5) is 5.69 Å². The Labute approximate surface area is 174 Å². The Kier molecular flexibility index (Phi) is 5.41. The average Bonchev–Trinajstić information content (AvgIpc) is 3.12. The molecule has 0 fully saturated rings. The summed E-state index contributed by atoms with van der Waals surface area (Å²) in [7, 11) is 0. The van der Waals surface area contributed by atoms with E-state index in [1.165, 1.54) is 22.9 Å². The van der Waals surface area contributed by atoms with E-state index in [0.717, 1.165) is 32.8 Å². The van der Waals surface area contributed by atoms with Gasteiger partial charge in [-0.05, 0) is 73.9 Å². The van der Waals surface area contributed by atoms with Gasteiger partial charge in [-0.1, -0.05) is 24.3 Å². The molecule has 0 saturated carbocycles. The summed E-state index contributed by atoms with van der Waals surface area (Å²) in [6.45, 7) is 6.10. The van der Waals surface area contributed by atoms with Crippen molar-refractivity contribution in [3.8, 4) is 11.5 Å². The number of hydrogen-bond donors (Lipinski definition) is 1. The van der Waals surface area contributed by atoms with E-state index in [4.69, 9.17) is 4.42 Å². The number of carbonyl (C=O) groups excluding carboxylic acids is 1. The third-order valence-electron chi connectivity index (χ3n) is 4.88. The minimum atomic E-state index is -0.0390. The van der Waals surface area contributed by atoms with Crippen LogP contribution in [-0.4, -0.2) is 16.6 Å². The predicted octanol–water partition coefficient (Wildman–Crippen LogP) is 6.15. The summed E-state index contributed by atoms with van der Waals surface area (Å²) in [5, 5.41) is 3.01. The zero-order chi connectivity index (χ0) is 20.4. The number of benzene rings is 3. The Morgan fingerprint density at radius 1 is 0.966 bits per heavy atom. The molecule has 146 valence electrons. The number of fused-ring (bicyclic) bond motifs is 1. The third-order valence-corrected chi connectivity index (χ3v) is 5.89. The van der Waals surface area contributed by atoms with E-state index in [2.05, 4.69) is 24.1 Å². The topological polar surface area (TPSA) is 55.1 Å². The van der Waals surface area contributed by atoms with Crippen LogP contribution in [0.5, 0.6) is 0 Å². The number of amides is 1. The number of rotatable bonds is 5. The zero-order valence-corrected chi connectivity index (χ0v) is 17.5. The molecule has 0 aliphatic rings. The smallest absolute Gasteiger partial charge is 0.234 e. The Morgan fingerprint density at radius 2 is 1.72 bits per heavy atom. The van der Waals surface area contributed by atoms with Crippen molar-refractivity contribution in [1.29, 1.82) is 0 Å². The number of aryl methyl sites for hydroxylation is 3. The van der Waals surface area contributed by atoms with Gasteiger partial charge in [-0.15, -0.1) is 11.8 Å². The van der Waals surface area contributed by atoms with Crippen LogP contribution in [0.2, 0.25) is 0 Å². The van der Waals surface area contributed by atoms with E-state index in [1.54, 1.807) is 0 Å². The number of nitrogens with one attached hydrogen (secondary N) is 1. The second kappa shape index (κ2) is 8.13. The van der Waals surface area contributed by atoms with Crippen molar-refractivity contribution >= 4 is 34.5 Å². The van der Waals surface area contributed by atoms with Crippen LogP contribution in [0.1, 0.15) is 16.7 Å². The summed E-state index contributed by atoms with van der Waals surface area (Å²) in [6, 6.07) is 19.8. The van der Waals surface area contributed by atoms with Gasteiger partial charge in [-0.25, -0.2) is 4.98 Å². The molecule has 4 nitrogen and oxygen atoms in total. The molecule has 29 heavy (non-hydrogen) atoms. The number of aromatic nitrogens is 1. The van der Waals surface area contributed by atoms with Crippen LogP contribution < -0.4 is 5.32 Å². The highest BCUT2D eigenvalue weighted by Crippen LogP contribution is 2.29. The summed E-state index contributed by atoms with van der Waals surface area (Å²) in [4.78, 5) is 18.1. The Bertz CT molecular complexity index is 1140. The normalized spacial score (nSPS) is 11.0. The Balaban J connectivity index is 1.53. The number of hydrogen-bond acceptors (Lipinski definition) is 4. The molecule has 0 radical (unpaired) electrons. The molecule has 1 amide bonds. The minimum Gasteiger partial charge on any atom is -0.436 e.